The van der Waals surface area contributed by atoms with Gasteiger partial charge in [-0.3, -0.25) is 0 Å². The number of aliphatic hydroxyl groups excluding tert-OH is 1. The number of aliphatic hydroxyl groups is 1. The van der Waals surface area contributed by atoms with Crippen LogP contribution in [0.2, 0.25) is 8.67 Å². The minimum atomic E-state index is -0.776. The van der Waals surface area contributed by atoms with Crippen LogP contribution in [0, 0.1) is 0 Å². The van der Waals surface area contributed by atoms with E-state index in [9.17, 15) is 5.11 Å². The maximum absolute atomic E-state index is 10.00. The zero-order valence-electron chi connectivity index (χ0n) is 7.78. The average molecular weight is 269 g/mol. The predicted molar refractivity (Wildman–Crippen MR) is 59.9 cm³/mol. The van der Waals surface area contributed by atoms with E-state index >= 15 is 0 Å². The van der Waals surface area contributed by atoms with Gasteiger partial charge in [0, 0.05) is 5.56 Å². The zero-order chi connectivity index (χ0) is 10.8. The molecule has 1 aliphatic heterocycles. The lowest BCUT2D eigenvalue weighted by Crippen LogP contribution is -2.33. The van der Waals surface area contributed by atoms with Crippen molar-refractivity contribution in [3.8, 4) is 0 Å². The molecule has 0 bridgehead atoms. The molecule has 0 saturated carbocycles. The van der Waals surface area contributed by atoms with E-state index in [0.717, 1.165) is 0 Å². The first-order valence-corrected chi connectivity index (χ1v) is 6.08. The number of halogens is 2. The van der Waals surface area contributed by atoms with E-state index in [1.807, 2.05) is 0 Å². The van der Waals surface area contributed by atoms with Crippen molar-refractivity contribution in [3.05, 3.63) is 20.3 Å². The molecule has 0 spiro atoms. The summed E-state index contributed by atoms with van der Waals surface area (Å²) in [5, 5.41) is 10.00. The Labute approximate surface area is 102 Å². The van der Waals surface area contributed by atoms with Gasteiger partial charge >= 0.3 is 0 Å². The Morgan fingerprint density at radius 1 is 1.47 bits per heavy atom. The molecule has 3 nitrogen and oxygen atoms in total. The molecule has 2 rings (SSSR count). The first-order chi connectivity index (χ1) is 7.18. The van der Waals surface area contributed by atoms with E-state index in [1.54, 1.807) is 6.07 Å². The maximum atomic E-state index is 10.00. The third-order valence-electron chi connectivity index (χ3n) is 2.20. The Balaban J connectivity index is 2.12. The quantitative estimate of drug-likeness (QED) is 0.896. The fourth-order valence-electron chi connectivity index (χ4n) is 1.44. The lowest BCUT2D eigenvalue weighted by molar-refractivity contribution is -0.133. The molecule has 1 aromatic heterocycles. The summed E-state index contributed by atoms with van der Waals surface area (Å²) in [6.07, 6.45) is -1.14. The van der Waals surface area contributed by atoms with Crippen molar-refractivity contribution >= 4 is 34.5 Å². The first kappa shape index (κ1) is 11.6. The number of ether oxygens (including phenoxy) is 2. The van der Waals surface area contributed by atoms with E-state index in [1.165, 1.54) is 11.3 Å². The van der Waals surface area contributed by atoms with Crippen LogP contribution in [0.5, 0.6) is 0 Å². The van der Waals surface area contributed by atoms with Gasteiger partial charge in [-0.1, -0.05) is 23.2 Å². The van der Waals surface area contributed by atoms with Gasteiger partial charge in [0.25, 0.3) is 0 Å². The summed E-state index contributed by atoms with van der Waals surface area (Å²) in [6, 6.07) is 1.66. The molecular formula is C9H10Cl2O3S. The van der Waals surface area contributed by atoms with Gasteiger partial charge < -0.3 is 14.6 Å². The van der Waals surface area contributed by atoms with Gasteiger partial charge in [0.05, 0.1) is 24.2 Å². The van der Waals surface area contributed by atoms with Crippen molar-refractivity contribution in [1.82, 2.24) is 0 Å². The van der Waals surface area contributed by atoms with Crippen molar-refractivity contribution in [2.24, 2.45) is 0 Å². The van der Waals surface area contributed by atoms with Crippen molar-refractivity contribution in [3.63, 3.8) is 0 Å². The highest BCUT2D eigenvalue weighted by Crippen LogP contribution is 2.36. The molecule has 2 unspecified atom stereocenters. The van der Waals surface area contributed by atoms with Crippen LogP contribution in [0.4, 0.5) is 0 Å². The Kier molecular flexibility index (Phi) is 3.88. The molecule has 2 atom stereocenters. The highest BCUT2D eigenvalue weighted by molar-refractivity contribution is 7.20. The monoisotopic (exact) mass is 268 g/mol. The molecule has 0 aliphatic carbocycles. The van der Waals surface area contributed by atoms with Crippen LogP contribution in [0.3, 0.4) is 0 Å². The third-order valence-corrected chi connectivity index (χ3v) is 3.71. The van der Waals surface area contributed by atoms with Crippen LogP contribution in [0.25, 0.3) is 0 Å². The van der Waals surface area contributed by atoms with Crippen LogP contribution < -0.4 is 0 Å². The summed E-state index contributed by atoms with van der Waals surface area (Å²) in [5.41, 5.74) is 0.613. The summed E-state index contributed by atoms with van der Waals surface area (Å²) in [5.74, 6) is 0. The van der Waals surface area contributed by atoms with Gasteiger partial charge in [0.1, 0.15) is 16.5 Å². The van der Waals surface area contributed by atoms with Gasteiger partial charge in [-0.2, -0.15) is 0 Å². The SMILES string of the molecule is OC(c1cc(Cl)sc1Cl)C1COCCO1. The standard InChI is InChI=1S/C9H10Cl2O3S/c10-7-3-5(9(11)15-7)8(12)6-4-13-1-2-14-6/h3,6,8,12H,1-2,4H2. The minimum Gasteiger partial charge on any atom is -0.386 e. The molecular weight excluding hydrogens is 259 g/mol. The normalized spacial score (nSPS) is 24.1. The highest BCUT2D eigenvalue weighted by atomic mass is 35.5. The van der Waals surface area contributed by atoms with E-state index in [0.29, 0.717) is 34.1 Å². The van der Waals surface area contributed by atoms with Gasteiger partial charge in [0.2, 0.25) is 0 Å². The van der Waals surface area contributed by atoms with Gasteiger partial charge in [-0.15, -0.1) is 11.3 Å². The molecule has 1 aromatic rings. The Bertz CT molecular complexity index is 336. The lowest BCUT2D eigenvalue weighted by atomic mass is 10.1. The highest BCUT2D eigenvalue weighted by Gasteiger charge is 2.27. The van der Waals surface area contributed by atoms with E-state index in [4.69, 9.17) is 32.7 Å². The van der Waals surface area contributed by atoms with Gasteiger partial charge in [0.15, 0.2) is 0 Å². The van der Waals surface area contributed by atoms with Crippen molar-refractivity contribution in [1.29, 1.82) is 0 Å². The molecule has 0 aromatic carbocycles. The summed E-state index contributed by atoms with van der Waals surface area (Å²) in [6.45, 7) is 1.45. The lowest BCUT2D eigenvalue weighted by Gasteiger charge is -2.26. The average Bonchev–Trinajstić information content (AvgIpc) is 2.58. The second-order valence-electron chi connectivity index (χ2n) is 3.21. The van der Waals surface area contributed by atoms with E-state index in [-0.39, 0.29) is 6.10 Å². The van der Waals surface area contributed by atoms with Gasteiger partial charge in [-0.05, 0) is 6.07 Å². The molecule has 1 fully saturated rings. The molecule has 84 valence electrons. The van der Waals surface area contributed by atoms with Gasteiger partial charge in [-0.25, -0.2) is 0 Å². The zero-order valence-corrected chi connectivity index (χ0v) is 10.1. The first-order valence-electron chi connectivity index (χ1n) is 4.50. The Morgan fingerprint density at radius 3 is 2.80 bits per heavy atom. The summed E-state index contributed by atoms with van der Waals surface area (Å²) in [4.78, 5) is 0. The molecule has 1 aliphatic rings. The van der Waals surface area contributed by atoms with E-state index in [2.05, 4.69) is 0 Å². The summed E-state index contributed by atoms with van der Waals surface area (Å²) in [7, 11) is 0. The number of hydrogen-bond donors (Lipinski definition) is 1. The van der Waals surface area contributed by atoms with Crippen LogP contribution in [-0.4, -0.2) is 31.0 Å². The fourth-order valence-corrected chi connectivity index (χ4v) is 2.98. The van der Waals surface area contributed by atoms with Crippen LogP contribution in [0.1, 0.15) is 11.7 Å². The van der Waals surface area contributed by atoms with E-state index < -0.39 is 6.10 Å². The predicted octanol–water partition coefficient (Wildman–Crippen LogP) is 2.50. The largest absolute Gasteiger partial charge is 0.386 e. The minimum absolute atomic E-state index is 0.359. The molecule has 2 heterocycles. The smallest absolute Gasteiger partial charge is 0.111 e. The Morgan fingerprint density at radius 2 is 2.27 bits per heavy atom. The van der Waals surface area contributed by atoms with Crippen LogP contribution >= 0.6 is 34.5 Å². The van der Waals surface area contributed by atoms with Crippen LogP contribution in [0.15, 0.2) is 6.07 Å². The molecule has 6 heteroatoms. The molecule has 0 radical (unpaired) electrons. The topological polar surface area (TPSA) is 38.7 Å². The fraction of sp³-hybridized carbons (Fsp3) is 0.556. The summed E-state index contributed by atoms with van der Waals surface area (Å²) < 4.78 is 11.7. The molecule has 0 amide bonds. The van der Waals surface area contributed by atoms with Crippen molar-refractivity contribution < 1.29 is 14.6 Å². The molecule has 1 N–H and O–H groups in total. The Hall–Kier alpha value is 0.160. The second kappa shape index (κ2) is 4.99. The van der Waals surface area contributed by atoms with Crippen molar-refractivity contribution in [2.75, 3.05) is 19.8 Å². The van der Waals surface area contributed by atoms with Crippen molar-refractivity contribution in [2.45, 2.75) is 12.2 Å². The summed E-state index contributed by atoms with van der Waals surface area (Å²) >= 11 is 13.0. The third kappa shape index (κ3) is 2.64. The number of rotatable bonds is 2. The maximum Gasteiger partial charge on any atom is 0.111 e. The van der Waals surface area contributed by atoms with Crippen LogP contribution in [-0.2, 0) is 9.47 Å². The number of thiophene rings is 1. The molecule has 15 heavy (non-hydrogen) atoms. The number of hydrogen-bond acceptors (Lipinski definition) is 4. The second-order valence-corrected chi connectivity index (χ2v) is 5.49. The molecule has 1 saturated heterocycles.